The van der Waals surface area contributed by atoms with Crippen molar-refractivity contribution in [1.82, 2.24) is 10.7 Å². The van der Waals surface area contributed by atoms with E-state index in [2.05, 4.69) is 59.6 Å². The van der Waals surface area contributed by atoms with E-state index >= 15 is 0 Å². The number of hydrogen-bond donors (Lipinski definition) is 3. The van der Waals surface area contributed by atoms with Crippen LogP contribution >= 0.6 is 15.9 Å². The summed E-state index contributed by atoms with van der Waals surface area (Å²) in [5.41, 5.74) is 4.30. The first-order valence-electron chi connectivity index (χ1n) is 5.38. The summed E-state index contributed by atoms with van der Waals surface area (Å²) in [5.74, 6) is 5.02. The number of hydrazine groups is 1. The Kier molecular flexibility index (Phi) is 4.54. The molecule has 1 aromatic rings. The third kappa shape index (κ3) is 3.71. The topological polar surface area (TPSA) is 67.2 Å². The summed E-state index contributed by atoms with van der Waals surface area (Å²) in [4.78, 5) is 11.1. The molecule has 0 heterocycles. The number of benzene rings is 1. The number of carbonyl (C=O) groups is 1. The van der Waals surface area contributed by atoms with Gasteiger partial charge in [-0.15, -0.1) is 0 Å². The first-order chi connectivity index (χ1) is 7.86. The first kappa shape index (κ1) is 14.0. The summed E-state index contributed by atoms with van der Waals surface area (Å²) < 4.78 is 1.04. The summed E-state index contributed by atoms with van der Waals surface area (Å²) in [6.07, 6.45) is 0. The zero-order valence-electron chi connectivity index (χ0n) is 10.3. The molecule has 0 saturated heterocycles. The lowest BCUT2D eigenvalue weighted by Gasteiger charge is -2.27. The molecule has 0 spiro atoms. The lowest BCUT2D eigenvalue weighted by Crippen LogP contribution is -2.45. The fraction of sp³-hybridized carbons (Fsp3) is 0.417. The summed E-state index contributed by atoms with van der Waals surface area (Å²) >= 11 is 3.46. The standard InChI is InChI=1S/C12H18BrN3O/c1-8-4-5-9(13)6-10(8)12(2,3)7-15-11(17)16-14/h4-6H,7,14H2,1-3H3,(H2,15,16,17). The summed E-state index contributed by atoms with van der Waals surface area (Å²) in [6.45, 7) is 6.75. The van der Waals surface area contributed by atoms with Crippen LogP contribution in [0.2, 0.25) is 0 Å². The molecule has 5 heteroatoms. The Morgan fingerprint density at radius 3 is 2.71 bits per heavy atom. The fourth-order valence-electron chi connectivity index (χ4n) is 1.77. The van der Waals surface area contributed by atoms with Gasteiger partial charge in [0.25, 0.3) is 0 Å². The number of nitrogens with two attached hydrogens (primary N) is 1. The maximum absolute atomic E-state index is 11.1. The normalized spacial score (nSPS) is 11.1. The summed E-state index contributed by atoms with van der Waals surface area (Å²) in [6, 6.07) is 5.78. The van der Waals surface area contributed by atoms with E-state index in [1.54, 1.807) is 0 Å². The molecule has 0 aliphatic heterocycles. The van der Waals surface area contributed by atoms with E-state index in [9.17, 15) is 4.79 Å². The molecule has 0 fully saturated rings. The van der Waals surface area contributed by atoms with Gasteiger partial charge in [0.1, 0.15) is 0 Å². The largest absolute Gasteiger partial charge is 0.336 e. The van der Waals surface area contributed by atoms with Crippen LogP contribution in [0.4, 0.5) is 4.79 Å². The van der Waals surface area contributed by atoms with Crippen LogP contribution in [0.5, 0.6) is 0 Å². The minimum atomic E-state index is -0.370. The summed E-state index contributed by atoms with van der Waals surface area (Å²) in [7, 11) is 0. The van der Waals surface area contributed by atoms with Crippen LogP contribution in [0, 0.1) is 6.92 Å². The number of nitrogens with one attached hydrogen (secondary N) is 2. The molecular weight excluding hydrogens is 282 g/mol. The highest BCUT2D eigenvalue weighted by Crippen LogP contribution is 2.28. The Morgan fingerprint density at radius 1 is 1.47 bits per heavy atom. The Bertz CT molecular complexity index is 418. The van der Waals surface area contributed by atoms with Crippen molar-refractivity contribution < 1.29 is 4.79 Å². The van der Waals surface area contributed by atoms with E-state index in [0.717, 1.165) is 4.47 Å². The molecule has 17 heavy (non-hydrogen) atoms. The van der Waals surface area contributed by atoms with E-state index < -0.39 is 0 Å². The molecule has 0 unspecified atom stereocenters. The van der Waals surface area contributed by atoms with Gasteiger partial charge in [0.05, 0.1) is 0 Å². The monoisotopic (exact) mass is 299 g/mol. The number of rotatable bonds is 3. The number of halogens is 1. The molecule has 2 amide bonds. The minimum absolute atomic E-state index is 0.152. The van der Waals surface area contributed by atoms with Gasteiger partial charge in [0.2, 0.25) is 0 Å². The first-order valence-corrected chi connectivity index (χ1v) is 6.17. The van der Waals surface area contributed by atoms with Gasteiger partial charge < -0.3 is 5.32 Å². The van der Waals surface area contributed by atoms with Gasteiger partial charge in [-0.1, -0.05) is 35.8 Å². The van der Waals surface area contributed by atoms with Gasteiger partial charge in [0, 0.05) is 16.4 Å². The van der Waals surface area contributed by atoms with E-state index in [1.807, 2.05) is 6.07 Å². The van der Waals surface area contributed by atoms with Crippen molar-refractivity contribution in [3.63, 3.8) is 0 Å². The van der Waals surface area contributed by atoms with Crippen molar-refractivity contribution in [2.24, 2.45) is 5.84 Å². The molecule has 4 nitrogen and oxygen atoms in total. The van der Waals surface area contributed by atoms with Crippen LogP contribution in [0.25, 0.3) is 0 Å². The maximum atomic E-state index is 11.1. The smallest absolute Gasteiger partial charge is 0.328 e. The minimum Gasteiger partial charge on any atom is -0.336 e. The molecule has 0 aliphatic rings. The molecule has 0 bridgehead atoms. The van der Waals surface area contributed by atoms with E-state index in [0.29, 0.717) is 6.54 Å². The van der Waals surface area contributed by atoms with Crippen LogP contribution in [-0.2, 0) is 5.41 Å². The van der Waals surface area contributed by atoms with E-state index in [1.165, 1.54) is 11.1 Å². The van der Waals surface area contributed by atoms with E-state index in [4.69, 9.17) is 5.84 Å². The second-order valence-electron chi connectivity index (χ2n) is 4.67. The van der Waals surface area contributed by atoms with Gasteiger partial charge in [-0.25, -0.2) is 10.6 Å². The molecule has 94 valence electrons. The number of urea groups is 1. The second-order valence-corrected chi connectivity index (χ2v) is 5.59. The van der Waals surface area contributed by atoms with Crippen LogP contribution < -0.4 is 16.6 Å². The van der Waals surface area contributed by atoms with Crippen LogP contribution in [0.15, 0.2) is 22.7 Å². The fourth-order valence-corrected chi connectivity index (χ4v) is 2.13. The van der Waals surface area contributed by atoms with Crippen molar-refractivity contribution in [3.8, 4) is 0 Å². The quantitative estimate of drug-likeness (QED) is 0.455. The predicted molar refractivity (Wildman–Crippen MR) is 72.6 cm³/mol. The second kappa shape index (κ2) is 5.51. The zero-order valence-corrected chi connectivity index (χ0v) is 11.9. The third-order valence-corrected chi connectivity index (χ3v) is 3.24. The van der Waals surface area contributed by atoms with Crippen molar-refractivity contribution in [3.05, 3.63) is 33.8 Å². The highest BCUT2D eigenvalue weighted by atomic mass is 79.9. The molecule has 0 saturated carbocycles. The highest BCUT2D eigenvalue weighted by molar-refractivity contribution is 9.10. The van der Waals surface area contributed by atoms with Gasteiger partial charge in [-0.3, -0.25) is 5.43 Å². The predicted octanol–water partition coefficient (Wildman–Crippen LogP) is 2.21. The van der Waals surface area contributed by atoms with Crippen molar-refractivity contribution in [1.29, 1.82) is 0 Å². The Balaban J connectivity index is 2.88. The van der Waals surface area contributed by atoms with Crippen molar-refractivity contribution >= 4 is 22.0 Å². The van der Waals surface area contributed by atoms with Crippen molar-refractivity contribution in [2.75, 3.05) is 6.54 Å². The van der Waals surface area contributed by atoms with Crippen molar-refractivity contribution in [2.45, 2.75) is 26.2 Å². The van der Waals surface area contributed by atoms with Gasteiger partial charge in [-0.2, -0.15) is 0 Å². The number of carbonyl (C=O) groups excluding carboxylic acids is 1. The third-order valence-electron chi connectivity index (χ3n) is 2.75. The maximum Gasteiger partial charge on any atom is 0.328 e. The molecule has 0 radical (unpaired) electrons. The molecule has 4 N–H and O–H groups in total. The van der Waals surface area contributed by atoms with Gasteiger partial charge in [0.15, 0.2) is 0 Å². The lowest BCUT2D eigenvalue weighted by molar-refractivity contribution is 0.238. The molecule has 0 aliphatic carbocycles. The molecule has 0 aromatic heterocycles. The summed E-state index contributed by atoms with van der Waals surface area (Å²) in [5, 5.41) is 2.73. The average Bonchev–Trinajstić information content (AvgIpc) is 2.29. The molecule has 1 rings (SSSR count). The SMILES string of the molecule is Cc1ccc(Br)cc1C(C)(C)CNC(=O)NN. The van der Waals surface area contributed by atoms with E-state index in [-0.39, 0.29) is 11.4 Å². The number of amides is 2. The average molecular weight is 300 g/mol. The molecule has 1 aromatic carbocycles. The molecular formula is C12H18BrN3O. The van der Waals surface area contributed by atoms with Gasteiger partial charge >= 0.3 is 6.03 Å². The van der Waals surface area contributed by atoms with Gasteiger partial charge in [-0.05, 0) is 30.2 Å². The Hall–Kier alpha value is -1.07. The lowest BCUT2D eigenvalue weighted by atomic mass is 9.82. The number of hydrogen-bond acceptors (Lipinski definition) is 2. The highest BCUT2D eigenvalue weighted by Gasteiger charge is 2.23. The van der Waals surface area contributed by atoms with Crippen LogP contribution in [-0.4, -0.2) is 12.6 Å². The van der Waals surface area contributed by atoms with Crippen LogP contribution in [0.1, 0.15) is 25.0 Å². The van der Waals surface area contributed by atoms with Crippen LogP contribution in [0.3, 0.4) is 0 Å². The Labute approximate surface area is 110 Å². The molecule has 0 atom stereocenters. The number of aryl methyl sites for hydroxylation is 1. The Morgan fingerprint density at radius 2 is 2.12 bits per heavy atom. The zero-order chi connectivity index (χ0) is 13.1.